The van der Waals surface area contributed by atoms with E-state index in [4.69, 9.17) is 5.73 Å². The third kappa shape index (κ3) is 1.74. The van der Waals surface area contributed by atoms with Crippen LogP contribution in [0.5, 0.6) is 0 Å². The van der Waals surface area contributed by atoms with Crippen LogP contribution in [0.3, 0.4) is 0 Å². The average Bonchev–Trinajstić information content (AvgIpc) is 2.11. The summed E-state index contributed by atoms with van der Waals surface area (Å²) in [6, 6.07) is 0.934. The lowest BCUT2D eigenvalue weighted by Gasteiger charge is -2.36. The molecular formula is C9H20N2. The quantitative estimate of drug-likeness (QED) is 0.571. The van der Waals surface area contributed by atoms with Gasteiger partial charge in [-0.2, -0.15) is 0 Å². The maximum absolute atomic E-state index is 5.92. The van der Waals surface area contributed by atoms with Crippen molar-refractivity contribution in [2.45, 2.75) is 51.7 Å². The predicted molar refractivity (Wildman–Crippen MR) is 48.5 cm³/mol. The SMILES string of the molecule is CC1[C@H](N)CCN1C(C)(C)C. The van der Waals surface area contributed by atoms with Crippen molar-refractivity contribution in [2.24, 2.45) is 5.73 Å². The van der Waals surface area contributed by atoms with Crippen molar-refractivity contribution in [1.82, 2.24) is 4.90 Å². The molecular weight excluding hydrogens is 136 g/mol. The van der Waals surface area contributed by atoms with Crippen LogP contribution < -0.4 is 5.73 Å². The van der Waals surface area contributed by atoms with E-state index in [1.807, 2.05) is 0 Å². The minimum Gasteiger partial charge on any atom is -0.326 e. The molecule has 0 aromatic carbocycles. The van der Waals surface area contributed by atoms with Crippen molar-refractivity contribution in [2.75, 3.05) is 6.54 Å². The Bertz CT molecular complexity index is 137. The molecule has 2 N–H and O–H groups in total. The fourth-order valence-electron chi connectivity index (χ4n) is 1.91. The van der Waals surface area contributed by atoms with E-state index < -0.39 is 0 Å². The number of nitrogens with two attached hydrogens (primary N) is 1. The van der Waals surface area contributed by atoms with Crippen molar-refractivity contribution in [3.05, 3.63) is 0 Å². The molecule has 1 saturated heterocycles. The van der Waals surface area contributed by atoms with Crippen LogP contribution in [0.25, 0.3) is 0 Å². The Hall–Kier alpha value is -0.0800. The van der Waals surface area contributed by atoms with Crippen LogP contribution >= 0.6 is 0 Å². The molecule has 2 heteroatoms. The van der Waals surface area contributed by atoms with Gasteiger partial charge in [-0.3, -0.25) is 4.90 Å². The van der Waals surface area contributed by atoms with Gasteiger partial charge in [-0.1, -0.05) is 0 Å². The predicted octanol–water partition coefficient (Wildman–Crippen LogP) is 1.21. The molecule has 11 heavy (non-hydrogen) atoms. The molecule has 66 valence electrons. The third-order valence-corrected chi connectivity index (χ3v) is 2.68. The Morgan fingerprint density at radius 3 is 2.09 bits per heavy atom. The topological polar surface area (TPSA) is 29.3 Å². The minimum absolute atomic E-state index is 0.285. The summed E-state index contributed by atoms with van der Waals surface area (Å²) in [7, 11) is 0. The number of rotatable bonds is 0. The average molecular weight is 156 g/mol. The fourth-order valence-corrected chi connectivity index (χ4v) is 1.91. The van der Waals surface area contributed by atoms with Gasteiger partial charge >= 0.3 is 0 Å². The molecule has 0 bridgehead atoms. The molecule has 1 aliphatic rings. The Morgan fingerprint density at radius 1 is 1.36 bits per heavy atom. The molecule has 2 nitrogen and oxygen atoms in total. The van der Waals surface area contributed by atoms with Gasteiger partial charge in [0.25, 0.3) is 0 Å². The van der Waals surface area contributed by atoms with Crippen molar-refractivity contribution >= 4 is 0 Å². The highest BCUT2D eigenvalue weighted by Gasteiger charge is 2.34. The van der Waals surface area contributed by atoms with E-state index in [0.29, 0.717) is 12.1 Å². The molecule has 0 saturated carbocycles. The zero-order chi connectivity index (χ0) is 8.65. The number of hydrogen-bond acceptors (Lipinski definition) is 2. The van der Waals surface area contributed by atoms with E-state index in [2.05, 4.69) is 32.6 Å². The van der Waals surface area contributed by atoms with Crippen LogP contribution in [0.2, 0.25) is 0 Å². The second-order valence-electron chi connectivity index (χ2n) is 4.56. The minimum atomic E-state index is 0.285. The van der Waals surface area contributed by atoms with Crippen LogP contribution in [0.4, 0.5) is 0 Å². The summed E-state index contributed by atoms with van der Waals surface area (Å²) in [5.74, 6) is 0. The summed E-state index contributed by atoms with van der Waals surface area (Å²) in [5, 5.41) is 0. The molecule has 0 aromatic rings. The molecule has 1 rings (SSSR count). The first-order valence-corrected chi connectivity index (χ1v) is 4.45. The number of hydrogen-bond donors (Lipinski definition) is 1. The Balaban J connectivity index is 2.62. The molecule has 0 aliphatic carbocycles. The molecule has 1 fully saturated rings. The first kappa shape index (κ1) is 9.01. The summed E-state index contributed by atoms with van der Waals surface area (Å²) >= 11 is 0. The van der Waals surface area contributed by atoms with Gasteiger partial charge in [0.1, 0.15) is 0 Å². The zero-order valence-electron chi connectivity index (χ0n) is 8.09. The molecule has 0 amide bonds. The molecule has 0 aromatic heterocycles. The lowest BCUT2D eigenvalue weighted by molar-refractivity contribution is 0.126. The Labute approximate surface area is 69.8 Å². The molecule has 1 unspecified atom stereocenters. The summed E-state index contributed by atoms with van der Waals surface area (Å²) in [4.78, 5) is 2.48. The largest absolute Gasteiger partial charge is 0.326 e. The van der Waals surface area contributed by atoms with E-state index in [0.717, 1.165) is 13.0 Å². The standard InChI is InChI=1S/C9H20N2/c1-7-8(10)5-6-11(7)9(2,3)4/h7-8H,5-6,10H2,1-4H3/t7?,8-/m1/s1. The molecule has 0 radical (unpaired) electrons. The van der Waals surface area contributed by atoms with E-state index in [9.17, 15) is 0 Å². The lowest BCUT2D eigenvalue weighted by Crippen LogP contribution is -2.47. The fraction of sp³-hybridized carbons (Fsp3) is 1.00. The van der Waals surface area contributed by atoms with Gasteiger partial charge in [-0.15, -0.1) is 0 Å². The van der Waals surface area contributed by atoms with Gasteiger partial charge in [-0.05, 0) is 34.1 Å². The summed E-state index contributed by atoms with van der Waals surface area (Å²) in [6.45, 7) is 10.1. The first-order valence-electron chi connectivity index (χ1n) is 4.45. The van der Waals surface area contributed by atoms with Crippen molar-refractivity contribution < 1.29 is 0 Å². The molecule has 0 spiro atoms. The van der Waals surface area contributed by atoms with E-state index >= 15 is 0 Å². The normalized spacial score (nSPS) is 34.6. The molecule has 2 atom stereocenters. The maximum atomic E-state index is 5.92. The summed E-state index contributed by atoms with van der Waals surface area (Å²) < 4.78 is 0. The smallest absolute Gasteiger partial charge is 0.0224 e. The van der Waals surface area contributed by atoms with Crippen molar-refractivity contribution in [3.63, 3.8) is 0 Å². The second kappa shape index (κ2) is 2.76. The van der Waals surface area contributed by atoms with Crippen molar-refractivity contribution in [3.8, 4) is 0 Å². The third-order valence-electron chi connectivity index (χ3n) is 2.68. The summed E-state index contributed by atoms with van der Waals surface area (Å²) in [5.41, 5.74) is 6.21. The molecule has 1 heterocycles. The number of likely N-dealkylation sites (tertiary alicyclic amines) is 1. The van der Waals surface area contributed by atoms with Crippen LogP contribution in [-0.2, 0) is 0 Å². The number of nitrogens with zero attached hydrogens (tertiary/aromatic N) is 1. The van der Waals surface area contributed by atoms with Gasteiger partial charge < -0.3 is 5.73 Å². The van der Waals surface area contributed by atoms with Crippen molar-refractivity contribution in [1.29, 1.82) is 0 Å². The zero-order valence-corrected chi connectivity index (χ0v) is 8.09. The highest BCUT2D eigenvalue weighted by atomic mass is 15.2. The van der Waals surface area contributed by atoms with Gasteiger partial charge in [-0.25, -0.2) is 0 Å². The van der Waals surface area contributed by atoms with Crippen LogP contribution in [-0.4, -0.2) is 29.1 Å². The molecule has 1 aliphatic heterocycles. The highest BCUT2D eigenvalue weighted by molar-refractivity contribution is 4.92. The van der Waals surface area contributed by atoms with Gasteiger partial charge in [0.2, 0.25) is 0 Å². The highest BCUT2D eigenvalue weighted by Crippen LogP contribution is 2.24. The second-order valence-corrected chi connectivity index (χ2v) is 4.56. The Morgan fingerprint density at radius 2 is 1.91 bits per heavy atom. The monoisotopic (exact) mass is 156 g/mol. The van der Waals surface area contributed by atoms with Crippen LogP contribution in [0.15, 0.2) is 0 Å². The van der Waals surface area contributed by atoms with E-state index in [1.165, 1.54) is 0 Å². The maximum Gasteiger partial charge on any atom is 0.0224 e. The summed E-state index contributed by atoms with van der Waals surface area (Å²) in [6.07, 6.45) is 1.15. The first-order chi connectivity index (χ1) is 4.93. The van der Waals surface area contributed by atoms with Gasteiger partial charge in [0, 0.05) is 24.2 Å². The van der Waals surface area contributed by atoms with Gasteiger partial charge in [0.05, 0.1) is 0 Å². The lowest BCUT2D eigenvalue weighted by atomic mass is 10.0. The van der Waals surface area contributed by atoms with Crippen LogP contribution in [0, 0.1) is 0 Å². The van der Waals surface area contributed by atoms with Gasteiger partial charge in [0.15, 0.2) is 0 Å². The van der Waals surface area contributed by atoms with E-state index in [1.54, 1.807) is 0 Å². The Kier molecular flexibility index (Phi) is 2.26. The van der Waals surface area contributed by atoms with Crippen LogP contribution in [0.1, 0.15) is 34.1 Å². The van der Waals surface area contributed by atoms with E-state index in [-0.39, 0.29) is 5.54 Å².